The second-order valence-electron chi connectivity index (χ2n) is 10.5. The number of carbonyl (C=O) groups is 1. The minimum absolute atomic E-state index is 0.0993. The standard InChI is InChI=1S/C32H32N4O3S/c1-32(2,3)35-40(38,39)30-15-8-7-14-29(30)26-16-18-27(19-17-26)34-31(37)23-36(28-12-5-4-6-13-28)22-25-11-9-10-24(20-25)21-33/h4-20,35H,22-23H2,1-3H3,(H,34,37). The van der Waals surface area contributed by atoms with Gasteiger partial charge in [-0.15, -0.1) is 0 Å². The molecule has 0 aromatic heterocycles. The van der Waals surface area contributed by atoms with Crippen LogP contribution in [0.5, 0.6) is 0 Å². The van der Waals surface area contributed by atoms with Crippen molar-refractivity contribution in [2.75, 3.05) is 16.8 Å². The summed E-state index contributed by atoms with van der Waals surface area (Å²) < 4.78 is 28.8. The highest BCUT2D eigenvalue weighted by Gasteiger charge is 2.24. The normalized spacial score (nSPS) is 11.4. The van der Waals surface area contributed by atoms with Crippen LogP contribution in [0.25, 0.3) is 11.1 Å². The zero-order chi connectivity index (χ0) is 28.8. The maximum Gasteiger partial charge on any atom is 0.243 e. The molecule has 0 aliphatic rings. The lowest BCUT2D eigenvalue weighted by molar-refractivity contribution is -0.115. The first-order valence-electron chi connectivity index (χ1n) is 12.9. The van der Waals surface area contributed by atoms with Crippen molar-refractivity contribution >= 4 is 27.3 Å². The summed E-state index contributed by atoms with van der Waals surface area (Å²) in [6.07, 6.45) is 0. The molecule has 0 saturated carbocycles. The molecule has 0 heterocycles. The van der Waals surface area contributed by atoms with E-state index in [2.05, 4.69) is 16.1 Å². The predicted octanol–water partition coefficient (Wildman–Crippen LogP) is 5.95. The largest absolute Gasteiger partial charge is 0.358 e. The predicted molar refractivity (Wildman–Crippen MR) is 159 cm³/mol. The molecular formula is C32H32N4O3S. The molecule has 8 heteroatoms. The zero-order valence-corrected chi connectivity index (χ0v) is 23.6. The molecule has 4 rings (SSSR count). The van der Waals surface area contributed by atoms with Gasteiger partial charge in [0, 0.05) is 29.0 Å². The number of nitrogens with one attached hydrogen (secondary N) is 2. The Hall–Kier alpha value is -4.45. The summed E-state index contributed by atoms with van der Waals surface area (Å²) in [6, 6.07) is 33.1. The number of nitrogens with zero attached hydrogens (tertiary/aromatic N) is 2. The third-order valence-electron chi connectivity index (χ3n) is 5.98. The van der Waals surface area contributed by atoms with Crippen LogP contribution in [-0.4, -0.2) is 26.4 Å². The number of hydrogen-bond donors (Lipinski definition) is 2. The SMILES string of the molecule is CC(C)(C)NS(=O)(=O)c1ccccc1-c1ccc(NC(=O)CN(Cc2cccc(C#N)c2)c2ccccc2)cc1. The summed E-state index contributed by atoms with van der Waals surface area (Å²) in [6.45, 7) is 5.95. The van der Waals surface area contributed by atoms with E-state index < -0.39 is 15.6 Å². The van der Waals surface area contributed by atoms with Crippen molar-refractivity contribution < 1.29 is 13.2 Å². The van der Waals surface area contributed by atoms with Crippen LogP contribution in [0.1, 0.15) is 31.9 Å². The van der Waals surface area contributed by atoms with Gasteiger partial charge < -0.3 is 10.2 Å². The fourth-order valence-corrected chi connectivity index (χ4v) is 5.99. The van der Waals surface area contributed by atoms with Gasteiger partial charge in [-0.1, -0.05) is 60.7 Å². The van der Waals surface area contributed by atoms with E-state index in [9.17, 15) is 18.5 Å². The van der Waals surface area contributed by atoms with E-state index in [1.807, 2.05) is 53.4 Å². The molecule has 0 aliphatic carbocycles. The lowest BCUT2D eigenvalue weighted by Crippen LogP contribution is -2.40. The smallest absolute Gasteiger partial charge is 0.243 e. The molecule has 0 aliphatic heterocycles. The summed E-state index contributed by atoms with van der Waals surface area (Å²) in [7, 11) is -3.74. The highest BCUT2D eigenvalue weighted by atomic mass is 32.2. The number of benzene rings is 4. The second-order valence-corrected chi connectivity index (χ2v) is 12.1. The lowest BCUT2D eigenvalue weighted by Gasteiger charge is -2.24. The van der Waals surface area contributed by atoms with Crippen molar-refractivity contribution in [3.8, 4) is 17.2 Å². The van der Waals surface area contributed by atoms with Gasteiger partial charge in [0.05, 0.1) is 23.1 Å². The van der Waals surface area contributed by atoms with Gasteiger partial charge in [-0.05, 0) is 74.4 Å². The van der Waals surface area contributed by atoms with Crippen LogP contribution in [-0.2, 0) is 21.4 Å². The fraction of sp³-hybridized carbons (Fsp3) is 0.188. The van der Waals surface area contributed by atoms with Crippen LogP contribution in [0, 0.1) is 11.3 Å². The summed E-state index contributed by atoms with van der Waals surface area (Å²) >= 11 is 0. The Bertz CT molecular complexity index is 1620. The summed E-state index contributed by atoms with van der Waals surface area (Å²) in [5.41, 5.74) is 3.65. The molecule has 0 spiro atoms. The molecule has 40 heavy (non-hydrogen) atoms. The summed E-state index contributed by atoms with van der Waals surface area (Å²) in [5.74, 6) is -0.203. The van der Waals surface area contributed by atoms with Gasteiger partial charge in [-0.3, -0.25) is 4.79 Å². The van der Waals surface area contributed by atoms with Gasteiger partial charge in [0.2, 0.25) is 15.9 Å². The molecular weight excluding hydrogens is 520 g/mol. The van der Waals surface area contributed by atoms with Gasteiger partial charge in [0.25, 0.3) is 0 Å². The van der Waals surface area contributed by atoms with Crippen molar-refractivity contribution in [3.63, 3.8) is 0 Å². The van der Waals surface area contributed by atoms with Crippen molar-refractivity contribution in [2.45, 2.75) is 37.8 Å². The topological polar surface area (TPSA) is 102 Å². The van der Waals surface area contributed by atoms with Crippen LogP contribution in [0.3, 0.4) is 0 Å². The monoisotopic (exact) mass is 552 g/mol. The lowest BCUT2D eigenvalue weighted by atomic mass is 10.1. The molecule has 7 nitrogen and oxygen atoms in total. The van der Waals surface area contributed by atoms with Crippen LogP contribution < -0.4 is 14.9 Å². The zero-order valence-electron chi connectivity index (χ0n) is 22.8. The average molecular weight is 553 g/mol. The van der Waals surface area contributed by atoms with Gasteiger partial charge in [0.15, 0.2) is 0 Å². The third kappa shape index (κ3) is 7.56. The Labute approximate surface area is 236 Å². The average Bonchev–Trinajstić information content (AvgIpc) is 2.92. The fourth-order valence-electron chi connectivity index (χ4n) is 4.34. The van der Waals surface area contributed by atoms with Crippen molar-refractivity contribution in [1.29, 1.82) is 5.26 Å². The number of para-hydroxylation sites is 1. The van der Waals surface area contributed by atoms with Gasteiger partial charge in [-0.25, -0.2) is 13.1 Å². The van der Waals surface area contributed by atoms with Gasteiger partial charge in [-0.2, -0.15) is 5.26 Å². The first-order valence-corrected chi connectivity index (χ1v) is 14.3. The molecule has 0 atom stereocenters. The van der Waals surface area contributed by atoms with Crippen LogP contribution in [0.15, 0.2) is 108 Å². The van der Waals surface area contributed by atoms with Crippen molar-refractivity contribution in [1.82, 2.24) is 4.72 Å². The molecule has 0 bridgehead atoms. The first kappa shape index (κ1) is 28.6. The molecule has 4 aromatic rings. The van der Waals surface area contributed by atoms with E-state index in [1.165, 1.54) is 0 Å². The Morgan fingerprint density at radius 2 is 1.55 bits per heavy atom. The molecule has 2 N–H and O–H groups in total. The Kier molecular flexibility index (Phi) is 8.68. The number of sulfonamides is 1. The number of rotatable bonds is 9. The minimum atomic E-state index is -3.74. The van der Waals surface area contributed by atoms with E-state index in [1.54, 1.807) is 75.4 Å². The molecule has 204 valence electrons. The Balaban J connectivity index is 1.51. The highest BCUT2D eigenvalue weighted by molar-refractivity contribution is 7.89. The minimum Gasteiger partial charge on any atom is -0.358 e. The summed E-state index contributed by atoms with van der Waals surface area (Å²) in [5, 5.41) is 12.2. The molecule has 0 fully saturated rings. The van der Waals surface area contributed by atoms with E-state index in [4.69, 9.17) is 0 Å². The number of carbonyl (C=O) groups excluding carboxylic acids is 1. The molecule has 0 unspecified atom stereocenters. The van der Waals surface area contributed by atoms with Crippen molar-refractivity contribution in [3.05, 3.63) is 114 Å². The van der Waals surface area contributed by atoms with Crippen LogP contribution in [0.2, 0.25) is 0 Å². The molecule has 4 aromatic carbocycles. The molecule has 1 amide bonds. The van der Waals surface area contributed by atoms with Gasteiger partial charge in [0.1, 0.15) is 0 Å². The number of nitriles is 1. The second kappa shape index (κ2) is 12.2. The maximum atomic E-state index is 13.1. The van der Waals surface area contributed by atoms with Crippen LogP contribution >= 0.6 is 0 Å². The van der Waals surface area contributed by atoms with Crippen molar-refractivity contribution in [2.24, 2.45) is 0 Å². The maximum absolute atomic E-state index is 13.1. The van der Waals surface area contributed by atoms with E-state index in [-0.39, 0.29) is 17.3 Å². The highest BCUT2D eigenvalue weighted by Crippen LogP contribution is 2.29. The van der Waals surface area contributed by atoms with Gasteiger partial charge >= 0.3 is 0 Å². The number of anilines is 2. The van der Waals surface area contributed by atoms with E-state index in [0.717, 1.165) is 16.8 Å². The summed E-state index contributed by atoms with van der Waals surface area (Å²) in [4.78, 5) is 15.2. The number of amides is 1. The quantitative estimate of drug-likeness (QED) is 0.267. The molecule has 0 radical (unpaired) electrons. The molecule has 0 saturated heterocycles. The van der Waals surface area contributed by atoms with Crippen LogP contribution in [0.4, 0.5) is 11.4 Å². The third-order valence-corrected chi connectivity index (χ3v) is 7.80. The van der Waals surface area contributed by atoms with E-state index in [0.29, 0.717) is 23.4 Å². The van der Waals surface area contributed by atoms with E-state index >= 15 is 0 Å². The number of hydrogen-bond acceptors (Lipinski definition) is 5. The Morgan fingerprint density at radius 3 is 2.23 bits per heavy atom. The first-order chi connectivity index (χ1) is 19.0. The Morgan fingerprint density at radius 1 is 0.875 bits per heavy atom.